The van der Waals surface area contributed by atoms with Crippen molar-refractivity contribution < 1.29 is 17.9 Å². The van der Waals surface area contributed by atoms with Gasteiger partial charge in [-0.15, -0.1) is 11.3 Å². The summed E-state index contributed by atoms with van der Waals surface area (Å²) in [6, 6.07) is 6.62. The lowest BCUT2D eigenvalue weighted by Gasteiger charge is -2.24. The summed E-state index contributed by atoms with van der Waals surface area (Å²) in [7, 11) is -3.81. The maximum absolute atomic E-state index is 13.1. The van der Waals surface area contributed by atoms with Crippen molar-refractivity contribution in [3.05, 3.63) is 40.9 Å². The van der Waals surface area contributed by atoms with E-state index < -0.39 is 15.9 Å². The third kappa shape index (κ3) is 5.13. The predicted octanol–water partition coefficient (Wildman–Crippen LogP) is 2.57. The van der Waals surface area contributed by atoms with Crippen LogP contribution in [-0.4, -0.2) is 49.4 Å². The molecule has 1 aromatic carbocycles. The van der Waals surface area contributed by atoms with Gasteiger partial charge in [-0.2, -0.15) is 4.31 Å². The van der Waals surface area contributed by atoms with Crippen LogP contribution >= 0.6 is 11.3 Å². The Balaban J connectivity index is 1.79. The van der Waals surface area contributed by atoms with Crippen LogP contribution in [0.2, 0.25) is 0 Å². The first-order chi connectivity index (χ1) is 12.8. The molecule has 3 rings (SSSR count). The Labute approximate surface area is 163 Å². The molecule has 1 aliphatic heterocycles. The molecule has 2 heterocycles. The van der Waals surface area contributed by atoms with Crippen LogP contribution in [-0.2, 0) is 19.6 Å². The van der Waals surface area contributed by atoms with Crippen molar-refractivity contribution in [2.45, 2.75) is 37.7 Å². The molecule has 1 aromatic heterocycles. The van der Waals surface area contributed by atoms with Gasteiger partial charge in [0.2, 0.25) is 15.9 Å². The zero-order valence-corrected chi connectivity index (χ0v) is 17.0. The number of rotatable bonds is 7. The number of nitrogens with one attached hydrogen (secondary N) is 1. The largest absolute Gasteiger partial charge is 0.377 e. The Morgan fingerprint density at radius 3 is 2.67 bits per heavy atom. The van der Waals surface area contributed by atoms with E-state index in [1.54, 1.807) is 24.3 Å². The van der Waals surface area contributed by atoms with Gasteiger partial charge in [-0.25, -0.2) is 13.4 Å². The van der Waals surface area contributed by atoms with E-state index in [2.05, 4.69) is 10.3 Å². The van der Waals surface area contributed by atoms with E-state index >= 15 is 0 Å². The molecule has 7 nitrogen and oxygen atoms in total. The number of thiazole rings is 1. The van der Waals surface area contributed by atoms with Crippen LogP contribution in [0.15, 0.2) is 34.5 Å². The number of carbonyl (C=O) groups excluding carboxylic acids is 1. The number of hydrogen-bond acceptors (Lipinski definition) is 6. The first-order valence-electron chi connectivity index (χ1n) is 8.75. The molecule has 0 bridgehead atoms. The third-order valence-electron chi connectivity index (χ3n) is 4.28. The minimum atomic E-state index is -3.81. The SMILES string of the molecule is Cc1ccc(S(=O)(=O)N(CC(=O)Nc2nc(C)cs2)CC2CCCO2)cc1. The summed E-state index contributed by atoms with van der Waals surface area (Å²) in [6.45, 7) is 4.21. The molecular weight excluding hydrogens is 386 g/mol. The van der Waals surface area contributed by atoms with Crippen molar-refractivity contribution in [2.75, 3.05) is 25.0 Å². The second-order valence-corrected chi connectivity index (χ2v) is 9.38. The molecule has 1 saturated heterocycles. The molecule has 0 saturated carbocycles. The lowest BCUT2D eigenvalue weighted by Crippen LogP contribution is -2.42. The predicted molar refractivity (Wildman–Crippen MR) is 104 cm³/mol. The van der Waals surface area contributed by atoms with Crippen LogP contribution in [0.1, 0.15) is 24.1 Å². The summed E-state index contributed by atoms with van der Waals surface area (Å²) < 4.78 is 33.0. The van der Waals surface area contributed by atoms with Crippen LogP contribution < -0.4 is 5.32 Å². The van der Waals surface area contributed by atoms with Crippen molar-refractivity contribution in [2.24, 2.45) is 0 Å². The highest BCUT2D eigenvalue weighted by Gasteiger charge is 2.30. The molecule has 1 fully saturated rings. The van der Waals surface area contributed by atoms with Crippen LogP contribution in [0.4, 0.5) is 5.13 Å². The Hall–Kier alpha value is -1.81. The summed E-state index contributed by atoms with van der Waals surface area (Å²) in [6.07, 6.45) is 1.49. The minimum Gasteiger partial charge on any atom is -0.377 e. The first-order valence-corrected chi connectivity index (χ1v) is 11.1. The lowest BCUT2D eigenvalue weighted by atomic mass is 10.2. The fourth-order valence-corrected chi connectivity index (χ4v) is 4.99. The Kier molecular flexibility index (Phi) is 6.25. The highest BCUT2D eigenvalue weighted by atomic mass is 32.2. The van der Waals surface area contributed by atoms with E-state index in [9.17, 15) is 13.2 Å². The number of aryl methyl sites for hydroxylation is 2. The first kappa shape index (κ1) is 19.9. The zero-order valence-electron chi connectivity index (χ0n) is 15.3. The van der Waals surface area contributed by atoms with Gasteiger partial charge in [0.15, 0.2) is 5.13 Å². The third-order valence-corrected chi connectivity index (χ3v) is 6.98. The van der Waals surface area contributed by atoms with Gasteiger partial charge in [0.1, 0.15) is 0 Å². The van der Waals surface area contributed by atoms with Crippen molar-refractivity contribution >= 4 is 32.4 Å². The second kappa shape index (κ2) is 8.47. The van der Waals surface area contributed by atoms with Crippen molar-refractivity contribution in [3.8, 4) is 0 Å². The van der Waals surface area contributed by atoms with Crippen molar-refractivity contribution in [3.63, 3.8) is 0 Å². The monoisotopic (exact) mass is 409 g/mol. The minimum absolute atomic E-state index is 0.153. The number of anilines is 1. The fraction of sp³-hybridized carbons (Fsp3) is 0.444. The molecule has 0 spiro atoms. The molecule has 1 unspecified atom stereocenters. The number of hydrogen-bond donors (Lipinski definition) is 1. The number of benzene rings is 1. The van der Waals surface area contributed by atoms with Crippen LogP contribution in [0.5, 0.6) is 0 Å². The molecule has 9 heteroatoms. The summed E-state index contributed by atoms with van der Waals surface area (Å²) in [4.78, 5) is 16.8. The molecule has 2 aromatic rings. The number of carbonyl (C=O) groups is 1. The van der Waals surface area contributed by atoms with Gasteiger partial charge in [0.25, 0.3) is 0 Å². The molecule has 0 aliphatic carbocycles. The maximum Gasteiger partial charge on any atom is 0.243 e. The van der Waals surface area contributed by atoms with Gasteiger partial charge in [-0.3, -0.25) is 4.79 Å². The molecule has 0 radical (unpaired) electrons. The number of nitrogens with zero attached hydrogens (tertiary/aromatic N) is 2. The average Bonchev–Trinajstić information content (AvgIpc) is 3.26. The van der Waals surface area contributed by atoms with E-state index in [1.807, 2.05) is 19.2 Å². The average molecular weight is 410 g/mol. The maximum atomic E-state index is 13.1. The Morgan fingerprint density at radius 2 is 2.07 bits per heavy atom. The number of ether oxygens (including phenoxy) is 1. The van der Waals surface area contributed by atoms with Crippen molar-refractivity contribution in [1.29, 1.82) is 0 Å². The number of sulfonamides is 1. The van der Waals surface area contributed by atoms with Crippen LogP contribution in [0.3, 0.4) is 0 Å². The van der Waals surface area contributed by atoms with Gasteiger partial charge in [-0.05, 0) is 38.8 Å². The van der Waals surface area contributed by atoms with Gasteiger partial charge in [0.05, 0.1) is 23.2 Å². The van der Waals surface area contributed by atoms with E-state index in [0.29, 0.717) is 11.7 Å². The standard InChI is InChI=1S/C18H23N3O4S2/c1-13-5-7-16(8-6-13)27(23,24)21(10-15-4-3-9-25-15)11-17(22)20-18-19-14(2)12-26-18/h5-8,12,15H,3-4,9-11H2,1-2H3,(H,19,20,22). The van der Waals surface area contributed by atoms with Crippen LogP contribution in [0, 0.1) is 13.8 Å². The topological polar surface area (TPSA) is 88.6 Å². The van der Waals surface area contributed by atoms with Gasteiger partial charge in [-0.1, -0.05) is 17.7 Å². The number of aromatic nitrogens is 1. The number of amides is 1. The summed E-state index contributed by atoms with van der Waals surface area (Å²) >= 11 is 1.31. The zero-order chi connectivity index (χ0) is 19.4. The summed E-state index contributed by atoms with van der Waals surface area (Å²) in [5.74, 6) is -0.418. The molecule has 146 valence electrons. The smallest absolute Gasteiger partial charge is 0.243 e. The molecular formula is C18H23N3O4S2. The van der Waals surface area contributed by atoms with Crippen LogP contribution in [0.25, 0.3) is 0 Å². The summed E-state index contributed by atoms with van der Waals surface area (Å²) in [5.41, 5.74) is 1.77. The quantitative estimate of drug-likeness (QED) is 0.759. The highest BCUT2D eigenvalue weighted by Crippen LogP contribution is 2.21. The summed E-state index contributed by atoms with van der Waals surface area (Å²) in [5, 5.41) is 4.96. The molecule has 27 heavy (non-hydrogen) atoms. The lowest BCUT2D eigenvalue weighted by molar-refractivity contribution is -0.116. The highest BCUT2D eigenvalue weighted by molar-refractivity contribution is 7.89. The second-order valence-electron chi connectivity index (χ2n) is 6.59. The van der Waals surface area contributed by atoms with Gasteiger partial charge in [0, 0.05) is 18.5 Å². The van der Waals surface area contributed by atoms with E-state index in [4.69, 9.17) is 4.74 Å². The van der Waals surface area contributed by atoms with Gasteiger partial charge >= 0.3 is 0 Å². The Bertz CT molecular complexity index is 888. The normalized spacial score (nSPS) is 17.4. The molecule has 1 aliphatic rings. The van der Waals surface area contributed by atoms with E-state index in [-0.39, 0.29) is 24.1 Å². The van der Waals surface area contributed by atoms with Crippen molar-refractivity contribution in [1.82, 2.24) is 9.29 Å². The molecule has 1 amide bonds. The fourth-order valence-electron chi connectivity index (χ4n) is 2.85. The molecule has 1 atom stereocenters. The molecule has 1 N–H and O–H groups in total. The van der Waals surface area contributed by atoms with Gasteiger partial charge < -0.3 is 10.1 Å². The van der Waals surface area contributed by atoms with E-state index in [1.165, 1.54) is 15.6 Å². The Morgan fingerprint density at radius 1 is 1.33 bits per heavy atom. The van der Waals surface area contributed by atoms with E-state index in [0.717, 1.165) is 24.1 Å².